The Bertz CT molecular complexity index is 1430. The minimum Gasteiger partial charge on any atom is -0.496 e. The number of rotatable bonds is 7. The largest absolute Gasteiger partial charge is 0.496 e. The number of nitrogens with one attached hydrogen (secondary N) is 2. The second-order valence-electron chi connectivity index (χ2n) is 8.71. The number of fused-ring (bicyclic) bond motifs is 4. The molecule has 0 bridgehead atoms. The normalized spacial score (nSPS) is 15.4. The predicted molar refractivity (Wildman–Crippen MR) is 136 cm³/mol. The van der Waals surface area contributed by atoms with Gasteiger partial charge >= 0.3 is 0 Å². The first kappa shape index (κ1) is 22.6. The minimum absolute atomic E-state index is 0.00885. The van der Waals surface area contributed by atoms with E-state index in [-0.39, 0.29) is 11.5 Å². The molecule has 8 heteroatoms. The average molecular weight is 477 g/mol. The van der Waals surface area contributed by atoms with Crippen LogP contribution in [0.2, 0.25) is 0 Å². The Morgan fingerprint density at radius 1 is 1.24 bits per heavy atom. The van der Waals surface area contributed by atoms with Crippen LogP contribution in [0.3, 0.4) is 0 Å². The number of hydrogen-bond acceptors (Lipinski definition) is 6. The van der Waals surface area contributed by atoms with Crippen LogP contribution in [0.4, 0.5) is 0 Å². The lowest BCUT2D eigenvalue weighted by molar-refractivity contribution is -0.118. The third kappa shape index (κ3) is 4.31. The maximum Gasteiger partial charge on any atom is 0.262 e. The zero-order chi connectivity index (χ0) is 23.7. The molecule has 1 aliphatic rings. The van der Waals surface area contributed by atoms with Crippen LogP contribution < -0.4 is 20.9 Å². The van der Waals surface area contributed by atoms with Crippen LogP contribution in [0.1, 0.15) is 29.3 Å². The molecule has 5 rings (SSSR count). The zero-order valence-electron chi connectivity index (χ0n) is 19.4. The zero-order valence-corrected chi connectivity index (χ0v) is 20.2. The number of benzene rings is 2. The molecule has 1 aliphatic carbocycles. The molecule has 2 N–H and O–H groups in total. The SMILES string of the molecule is COc1ccc2ccccc2c1Cn1cnc2sc3c(c2c1=O)CCC(NCCNC(C)=O)C3. The van der Waals surface area contributed by atoms with Gasteiger partial charge in [-0.15, -0.1) is 11.3 Å². The highest BCUT2D eigenvalue weighted by atomic mass is 32.1. The second-order valence-corrected chi connectivity index (χ2v) is 9.79. The number of aryl methyl sites for hydroxylation is 1. The monoisotopic (exact) mass is 476 g/mol. The third-order valence-electron chi connectivity index (χ3n) is 6.51. The van der Waals surface area contributed by atoms with Gasteiger partial charge in [-0.1, -0.05) is 30.3 Å². The summed E-state index contributed by atoms with van der Waals surface area (Å²) in [5.41, 5.74) is 2.14. The van der Waals surface area contributed by atoms with E-state index in [1.165, 1.54) is 11.8 Å². The van der Waals surface area contributed by atoms with E-state index in [1.54, 1.807) is 29.3 Å². The molecule has 0 saturated heterocycles. The van der Waals surface area contributed by atoms with Crippen LogP contribution in [-0.2, 0) is 24.2 Å². The standard InChI is InChI=1S/C26H28N4O3S/c1-16(31)27-11-12-28-18-8-9-20-23(13-18)34-25-24(20)26(32)30(15-29-25)14-21-19-6-4-3-5-17(19)7-10-22(21)33-2/h3-7,10,15,18,28H,8-9,11-14H2,1-2H3,(H,27,31). The van der Waals surface area contributed by atoms with Crippen molar-refractivity contribution in [3.8, 4) is 5.75 Å². The highest BCUT2D eigenvalue weighted by Crippen LogP contribution is 2.34. The third-order valence-corrected chi connectivity index (χ3v) is 7.68. The van der Waals surface area contributed by atoms with E-state index in [0.29, 0.717) is 19.1 Å². The summed E-state index contributed by atoms with van der Waals surface area (Å²) in [6.45, 7) is 3.29. The first-order chi connectivity index (χ1) is 16.5. The molecule has 4 aromatic rings. The summed E-state index contributed by atoms with van der Waals surface area (Å²) < 4.78 is 7.34. The van der Waals surface area contributed by atoms with Gasteiger partial charge in [0.25, 0.3) is 5.56 Å². The molecule has 0 radical (unpaired) electrons. The van der Waals surface area contributed by atoms with Gasteiger partial charge in [-0.25, -0.2) is 4.98 Å². The number of ether oxygens (including phenoxy) is 1. The predicted octanol–water partition coefficient (Wildman–Crippen LogP) is 3.25. The van der Waals surface area contributed by atoms with Crippen molar-refractivity contribution in [3.05, 3.63) is 69.1 Å². The molecule has 1 unspecified atom stereocenters. The highest BCUT2D eigenvalue weighted by Gasteiger charge is 2.25. The lowest BCUT2D eigenvalue weighted by Gasteiger charge is -2.23. The molecule has 0 spiro atoms. The molecule has 0 saturated carbocycles. The molecule has 0 fully saturated rings. The lowest BCUT2D eigenvalue weighted by atomic mass is 9.93. The fourth-order valence-corrected chi connectivity index (χ4v) is 6.10. The number of amides is 1. The fourth-order valence-electron chi connectivity index (χ4n) is 4.84. The Kier molecular flexibility index (Phi) is 6.34. The number of thiophene rings is 1. The fraction of sp³-hybridized carbons (Fsp3) is 0.346. The van der Waals surface area contributed by atoms with Crippen LogP contribution in [0.15, 0.2) is 47.5 Å². The van der Waals surface area contributed by atoms with E-state index in [9.17, 15) is 9.59 Å². The molecule has 1 amide bonds. The molecular weight excluding hydrogens is 448 g/mol. The molecule has 0 aliphatic heterocycles. The summed E-state index contributed by atoms with van der Waals surface area (Å²) in [4.78, 5) is 31.4. The van der Waals surface area contributed by atoms with E-state index >= 15 is 0 Å². The van der Waals surface area contributed by atoms with E-state index in [4.69, 9.17) is 4.74 Å². The van der Waals surface area contributed by atoms with E-state index < -0.39 is 0 Å². The van der Waals surface area contributed by atoms with Gasteiger partial charge in [0.1, 0.15) is 10.6 Å². The summed E-state index contributed by atoms with van der Waals surface area (Å²) in [7, 11) is 1.66. The van der Waals surface area contributed by atoms with Gasteiger partial charge in [-0.2, -0.15) is 0 Å². The number of hydrogen-bond donors (Lipinski definition) is 2. The van der Waals surface area contributed by atoms with Gasteiger partial charge in [0.15, 0.2) is 0 Å². The van der Waals surface area contributed by atoms with Crippen molar-refractivity contribution in [1.29, 1.82) is 0 Å². The lowest BCUT2D eigenvalue weighted by Crippen LogP contribution is -2.39. The van der Waals surface area contributed by atoms with E-state index in [1.807, 2.05) is 24.3 Å². The van der Waals surface area contributed by atoms with Crippen molar-refractivity contribution in [2.24, 2.45) is 0 Å². The number of nitrogens with zero attached hydrogens (tertiary/aromatic N) is 2. The molecule has 2 aromatic carbocycles. The van der Waals surface area contributed by atoms with Gasteiger partial charge in [0, 0.05) is 36.5 Å². The first-order valence-corrected chi connectivity index (χ1v) is 12.4. The smallest absolute Gasteiger partial charge is 0.262 e. The summed E-state index contributed by atoms with van der Waals surface area (Å²) in [6.07, 6.45) is 4.36. The summed E-state index contributed by atoms with van der Waals surface area (Å²) in [6, 6.07) is 12.5. The Labute approximate surface area is 201 Å². The van der Waals surface area contributed by atoms with Crippen molar-refractivity contribution in [3.63, 3.8) is 0 Å². The number of carbonyl (C=O) groups is 1. The molecular formula is C26H28N4O3S. The van der Waals surface area contributed by atoms with Crippen LogP contribution in [-0.4, -0.2) is 41.7 Å². The van der Waals surface area contributed by atoms with Crippen molar-refractivity contribution < 1.29 is 9.53 Å². The van der Waals surface area contributed by atoms with Gasteiger partial charge in [0.2, 0.25) is 5.91 Å². The number of aromatic nitrogens is 2. The van der Waals surface area contributed by atoms with Crippen molar-refractivity contribution in [2.45, 2.75) is 38.8 Å². The molecule has 34 heavy (non-hydrogen) atoms. The summed E-state index contributed by atoms with van der Waals surface area (Å²) >= 11 is 1.63. The quantitative estimate of drug-likeness (QED) is 0.400. The average Bonchev–Trinajstić information content (AvgIpc) is 3.22. The van der Waals surface area contributed by atoms with E-state index in [2.05, 4.69) is 27.8 Å². The topological polar surface area (TPSA) is 85.2 Å². The second kappa shape index (κ2) is 9.56. The van der Waals surface area contributed by atoms with Crippen LogP contribution in [0.5, 0.6) is 5.75 Å². The van der Waals surface area contributed by atoms with Crippen molar-refractivity contribution in [2.75, 3.05) is 20.2 Å². The van der Waals surface area contributed by atoms with Crippen molar-refractivity contribution >= 4 is 38.2 Å². The minimum atomic E-state index is -0.0132. The summed E-state index contributed by atoms with van der Waals surface area (Å²) in [5.74, 6) is 0.756. The molecule has 2 heterocycles. The Hall–Kier alpha value is -3.23. The number of carbonyl (C=O) groups excluding carboxylic acids is 1. The highest BCUT2D eigenvalue weighted by molar-refractivity contribution is 7.18. The Morgan fingerprint density at radius 3 is 2.91 bits per heavy atom. The first-order valence-electron chi connectivity index (χ1n) is 11.6. The van der Waals surface area contributed by atoms with Crippen LogP contribution in [0, 0.1) is 0 Å². The van der Waals surface area contributed by atoms with Gasteiger partial charge in [-0.3, -0.25) is 14.2 Å². The maximum absolute atomic E-state index is 13.6. The number of methoxy groups -OCH3 is 1. The summed E-state index contributed by atoms with van der Waals surface area (Å²) in [5, 5.41) is 9.30. The maximum atomic E-state index is 13.6. The van der Waals surface area contributed by atoms with Gasteiger partial charge < -0.3 is 15.4 Å². The molecule has 176 valence electrons. The molecule has 1 atom stereocenters. The molecule has 2 aromatic heterocycles. The van der Waals surface area contributed by atoms with Gasteiger partial charge in [-0.05, 0) is 41.7 Å². The molecule has 7 nitrogen and oxygen atoms in total. The Balaban J connectivity index is 1.43. The van der Waals surface area contributed by atoms with Gasteiger partial charge in [0.05, 0.1) is 25.4 Å². The Morgan fingerprint density at radius 2 is 2.09 bits per heavy atom. The van der Waals surface area contributed by atoms with E-state index in [0.717, 1.165) is 63.7 Å². The van der Waals surface area contributed by atoms with Crippen LogP contribution in [0.25, 0.3) is 21.0 Å². The van der Waals surface area contributed by atoms with Crippen molar-refractivity contribution in [1.82, 2.24) is 20.2 Å². The van der Waals surface area contributed by atoms with Crippen LogP contribution >= 0.6 is 11.3 Å².